The van der Waals surface area contributed by atoms with Gasteiger partial charge in [0.2, 0.25) is 5.16 Å². The Balaban J connectivity index is 2.14. The fraction of sp³-hybridized carbons (Fsp3) is 0.0833. The van der Waals surface area contributed by atoms with Crippen molar-refractivity contribution in [1.29, 1.82) is 0 Å². The topological polar surface area (TPSA) is 86.2 Å². The number of thioether (sulfide) groups is 1. The highest BCUT2D eigenvalue weighted by Crippen LogP contribution is 2.23. The molecule has 0 saturated heterocycles. The van der Waals surface area contributed by atoms with Crippen molar-refractivity contribution in [3.05, 3.63) is 46.5 Å². The molecule has 7 nitrogen and oxygen atoms in total. The first-order valence-corrected chi connectivity index (χ1v) is 6.93. The summed E-state index contributed by atoms with van der Waals surface area (Å²) in [4.78, 5) is 10.4. The molecule has 3 rings (SSSR count). The Kier molecular flexibility index (Phi) is 3.07. The molecule has 0 aliphatic rings. The number of aromatic nitrogens is 4. The number of hydrogen-bond donors (Lipinski definition) is 0. The largest absolute Gasteiger partial charge is 0.270 e. The van der Waals surface area contributed by atoms with Crippen LogP contribution in [0.1, 0.15) is 0 Å². The predicted molar refractivity (Wildman–Crippen MR) is 74.7 cm³/mol. The first-order valence-electron chi connectivity index (χ1n) is 5.70. The maximum atomic E-state index is 10.8. The first kappa shape index (κ1) is 12.5. The molecule has 0 spiro atoms. The molecule has 0 unspecified atom stereocenters. The first-order chi connectivity index (χ1) is 9.69. The summed E-state index contributed by atoms with van der Waals surface area (Å²) in [5.74, 6) is 0. The summed E-state index contributed by atoms with van der Waals surface area (Å²) >= 11 is 1.44. The Morgan fingerprint density at radius 3 is 2.85 bits per heavy atom. The highest BCUT2D eigenvalue weighted by atomic mass is 32.2. The lowest BCUT2D eigenvalue weighted by atomic mass is 10.1. The highest BCUT2D eigenvalue weighted by molar-refractivity contribution is 7.98. The molecule has 0 aliphatic heterocycles. The van der Waals surface area contributed by atoms with Gasteiger partial charge in [0, 0.05) is 17.7 Å². The minimum atomic E-state index is -0.422. The molecule has 0 saturated carbocycles. The summed E-state index contributed by atoms with van der Waals surface area (Å²) in [6.07, 6.45) is 1.89. The van der Waals surface area contributed by atoms with Gasteiger partial charge in [0.05, 0.1) is 10.6 Å². The van der Waals surface area contributed by atoms with Crippen LogP contribution in [0.2, 0.25) is 0 Å². The molecule has 20 heavy (non-hydrogen) atoms. The van der Waals surface area contributed by atoms with E-state index in [9.17, 15) is 10.1 Å². The molecule has 2 heterocycles. The number of rotatable bonds is 3. The molecule has 1 aromatic carbocycles. The molecule has 0 aliphatic carbocycles. The van der Waals surface area contributed by atoms with Crippen molar-refractivity contribution in [2.45, 2.75) is 5.16 Å². The molecule has 100 valence electrons. The number of non-ortho nitro benzene ring substituents is 1. The van der Waals surface area contributed by atoms with Crippen LogP contribution in [0.15, 0.2) is 41.6 Å². The fourth-order valence-electron chi connectivity index (χ4n) is 1.83. The van der Waals surface area contributed by atoms with E-state index in [4.69, 9.17) is 0 Å². The molecular formula is C12H9N5O2S. The van der Waals surface area contributed by atoms with E-state index in [0.29, 0.717) is 22.1 Å². The van der Waals surface area contributed by atoms with Gasteiger partial charge in [-0.15, -0.1) is 10.2 Å². The Labute approximate surface area is 117 Å². The van der Waals surface area contributed by atoms with Gasteiger partial charge >= 0.3 is 0 Å². The van der Waals surface area contributed by atoms with Crippen LogP contribution in [0.25, 0.3) is 16.9 Å². The zero-order chi connectivity index (χ0) is 14.1. The van der Waals surface area contributed by atoms with Crippen molar-refractivity contribution in [1.82, 2.24) is 19.8 Å². The molecule has 3 aromatic rings. The lowest BCUT2D eigenvalue weighted by Gasteiger charge is -2.02. The smallest absolute Gasteiger partial charge is 0.258 e. The molecule has 0 N–H and O–H groups in total. The molecule has 0 amide bonds. The van der Waals surface area contributed by atoms with Crippen LogP contribution in [0.5, 0.6) is 0 Å². The van der Waals surface area contributed by atoms with Crippen molar-refractivity contribution >= 4 is 23.1 Å². The monoisotopic (exact) mass is 287 g/mol. The van der Waals surface area contributed by atoms with E-state index in [2.05, 4.69) is 15.3 Å². The minimum Gasteiger partial charge on any atom is -0.258 e. The van der Waals surface area contributed by atoms with Crippen molar-refractivity contribution in [3.8, 4) is 11.3 Å². The van der Waals surface area contributed by atoms with E-state index in [-0.39, 0.29) is 5.69 Å². The lowest BCUT2D eigenvalue weighted by molar-refractivity contribution is -0.384. The average molecular weight is 287 g/mol. The van der Waals surface area contributed by atoms with Crippen LogP contribution in [0, 0.1) is 10.1 Å². The maximum absolute atomic E-state index is 10.8. The number of nitro groups is 1. The van der Waals surface area contributed by atoms with E-state index in [0.717, 1.165) is 0 Å². The van der Waals surface area contributed by atoms with Crippen LogP contribution in [0.3, 0.4) is 0 Å². The summed E-state index contributed by atoms with van der Waals surface area (Å²) in [6.45, 7) is 0. The Morgan fingerprint density at radius 2 is 2.10 bits per heavy atom. The number of nitrogens with zero attached hydrogens (tertiary/aromatic N) is 5. The minimum absolute atomic E-state index is 0.0400. The van der Waals surface area contributed by atoms with E-state index in [1.807, 2.05) is 6.26 Å². The fourth-order valence-corrected chi connectivity index (χ4v) is 2.26. The molecule has 8 heteroatoms. The Bertz CT molecular complexity index is 801. The standard InChI is InChI=1S/C12H9N5O2S/c1-20-12-14-13-11-6-5-10(15-16(11)12)8-3-2-4-9(7-8)17(18)19/h2-7H,1H3. The maximum Gasteiger partial charge on any atom is 0.270 e. The van der Waals surface area contributed by atoms with Gasteiger partial charge in [-0.1, -0.05) is 23.9 Å². The summed E-state index contributed by atoms with van der Waals surface area (Å²) in [5.41, 5.74) is 2.00. The quantitative estimate of drug-likeness (QED) is 0.418. The molecule has 0 bridgehead atoms. The van der Waals surface area contributed by atoms with E-state index < -0.39 is 4.92 Å². The van der Waals surface area contributed by atoms with Gasteiger partial charge < -0.3 is 0 Å². The van der Waals surface area contributed by atoms with Crippen molar-refractivity contribution in [3.63, 3.8) is 0 Å². The van der Waals surface area contributed by atoms with E-state index in [1.54, 1.807) is 28.8 Å². The lowest BCUT2D eigenvalue weighted by Crippen LogP contribution is -1.96. The van der Waals surface area contributed by atoms with E-state index in [1.165, 1.54) is 23.9 Å². The van der Waals surface area contributed by atoms with Gasteiger partial charge in [-0.2, -0.15) is 9.61 Å². The number of benzene rings is 1. The van der Waals surface area contributed by atoms with Crippen LogP contribution < -0.4 is 0 Å². The second-order valence-electron chi connectivity index (χ2n) is 3.98. The van der Waals surface area contributed by atoms with Crippen molar-refractivity contribution < 1.29 is 4.92 Å². The predicted octanol–water partition coefficient (Wildman–Crippen LogP) is 2.42. The molecule has 0 fully saturated rings. The number of hydrogen-bond acceptors (Lipinski definition) is 6. The number of fused-ring (bicyclic) bond motifs is 1. The van der Waals surface area contributed by atoms with Crippen LogP contribution in [-0.4, -0.2) is 31.0 Å². The SMILES string of the molecule is CSc1nnc2ccc(-c3cccc([N+](=O)[O-])c3)nn12. The third-order valence-corrected chi connectivity index (χ3v) is 3.39. The van der Waals surface area contributed by atoms with Gasteiger partial charge in [-0.05, 0) is 18.4 Å². The Hall–Kier alpha value is -2.48. The summed E-state index contributed by atoms with van der Waals surface area (Å²) in [7, 11) is 0. The zero-order valence-electron chi connectivity index (χ0n) is 10.4. The normalized spacial score (nSPS) is 10.8. The third-order valence-electron chi connectivity index (χ3n) is 2.77. The third kappa shape index (κ3) is 2.10. The van der Waals surface area contributed by atoms with Crippen LogP contribution in [-0.2, 0) is 0 Å². The van der Waals surface area contributed by atoms with Gasteiger partial charge in [-0.3, -0.25) is 10.1 Å². The highest BCUT2D eigenvalue weighted by Gasteiger charge is 2.10. The molecule has 2 aromatic heterocycles. The van der Waals surface area contributed by atoms with Crippen molar-refractivity contribution in [2.75, 3.05) is 6.26 Å². The molecule has 0 radical (unpaired) electrons. The van der Waals surface area contributed by atoms with Crippen molar-refractivity contribution in [2.24, 2.45) is 0 Å². The van der Waals surface area contributed by atoms with Gasteiger partial charge in [-0.25, -0.2) is 0 Å². The average Bonchev–Trinajstić information content (AvgIpc) is 2.89. The van der Waals surface area contributed by atoms with Gasteiger partial charge in [0.25, 0.3) is 5.69 Å². The van der Waals surface area contributed by atoms with Gasteiger partial charge in [0.1, 0.15) is 0 Å². The van der Waals surface area contributed by atoms with Crippen LogP contribution >= 0.6 is 11.8 Å². The van der Waals surface area contributed by atoms with Crippen LogP contribution in [0.4, 0.5) is 5.69 Å². The molecule has 0 atom stereocenters. The van der Waals surface area contributed by atoms with Gasteiger partial charge in [0.15, 0.2) is 5.65 Å². The zero-order valence-corrected chi connectivity index (χ0v) is 11.2. The second kappa shape index (κ2) is 4.89. The summed E-state index contributed by atoms with van der Waals surface area (Å²) in [6, 6.07) is 9.93. The van der Waals surface area contributed by atoms with E-state index >= 15 is 0 Å². The molecular weight excluding hydrogens is 278 g/mol. The summed E-state index contributed by atoms with van der Waals surface area (Å²) < 4.78 is 1.62. The summed E-state index contributed by atoms with van der Waals surface area (Å²) in [5, 5.41) is 23.9. The number of nitro benzene ring substituents is 1. The Morgan fingerprint density at radius 1 is 1.25 bits per heavy atom. The second-order valence-corrected chi connectivity index (χ2v) is 4.76.